The van der Waals surface area contributed by atoms with Crippen LogP contribution in [0.25, 0.3) is 38.6 Å². The highest BCUT2D eigenvalue weighted by molar-refractivity contribution is 6.10. The number of benzene rings is 9. The fourth-order valence-electron chi connectivity index (χ4n) is 9.53. The Hall–Kier alpha value is -8.48. The zero-order valence-corrected chi connectivity index (χ0v) is 36.9. The van der Waals surface area contributed by atoms with E-state index in [2.05, 4.69) is 202 Å². The van der Waals surface area contributed by atoms with Crippen molar-refractivity contribution in [3.05, 3.63) is 266 Å². The predicted octanol–water partition coefficient (Wildman–Crippen LogP) is 16.7. The van der Waals surface area contributed by atoms with Gasteiger partial charge in [-0.1, -0.05) is 116 Å². The zero-order valence-electron chi connectivity index (χ0n) is 36.9. The molecule has 0 saturated carbocycles. The third kappa shape index (κ3) is 8.04. The van der Waals surface area contributed by atoms with Crippen molar-refractivity contribution in [1.29, 1.82) is 0 Å². The first kappa shape index (κ1) is 41.2. The van der Waals surface area contributed by atoms with Crippen molar-refractivity contribution in [3.63, 3.8) is 0 Å². The minimum absolute atomic E-state index is 0.0695. The number of fused-ring (bicyclic) bond motifs is 4. The molecule has 1 aromatic heterocycles. The van der Waals surface area contributed by atoms with Crippen molar-refractivity contribution in [2.24, 2.45) is 0 Å². The van der Waals surface area contributed by atoms with Crippen LogP contribution in [0.4, 0.5) is 48.6 Å². The number of hydrogen-bond acceptors (Lipinski definition) is 3. The van der Waals surface area contributed by atoms with Gasteiger partial charge in [-0.25, -0.2) is 8.78 Å². The van der Waals surface area contributed by atoms with E-state index in [4.69, 9.17) is 0 Å². The van der Waals surface area contributed by atoms with Crippen molar-refractivity contribution < 1.29 is 8.78 Å². The first-order valence-corrected chi connectivity index (χ1v) is 22.7. The van der Waals surface area contributed by atoms with Crippen LogP contribution < -0.4 is 14.7 Å². The Labute approximate surface area is 389 Å². The monoisotopic (exact) mass is 872 g/mol. The molecule has 2 heterocycles. The summed E-state index contributed by atoms with van der Waals surface area (Å²) >= 11 is 0. The van der Waals surface area contributed by atoms with Gasteiger partial charge in [-0.15, -0.1) is 0 Å². The lowest BCUT2D eigenvalue weighted by Crippen LogP contribution is -2.18. The normalized spacial score (nSPS) is 14.9. The van der Waals surface area contributed by atoms with Gasteiger partial charge in [0.15, 0.2) is 0 Å². The highest BCUT2D eigenvalue weighted by Crippen LogP contribution is 2.42. The van der Waals surface area contributed by atoms with Gasteiger partial charge in [0, 0.05) is 74.4 Å². The number of para-hydroxylation sites is 4. The maximum atomic E-state index is 14.0. The minimum atomic E-state index is -0.255. The summed E-state index contributed by atoms with van der Waals surface area (Å²) in [6.45, 7) is 2.85. The third-order valence-corrected chi connectivity index (χ3v) is 12.7. The molecule has 0 N–H and O–H groups in total. The molecule has 11 rings (SSSR count). The number of nitrogens with zero attached hydrogens (tertiary/aromatic N) is 4. The van der Waals surface area contributed by atoms with Crippen LogP contribution in [-0.2, 0) is 0 Å². The Bertz CT molecular complexity index is 3400. The summed E-state index contributed by atoms with van der Waals surface area (Å²) in [5.74, 6) is -0.434. The van der Waals surface area contributed by atoms with Gasteiger partial charge in [-0.05, 0) is 150 Å². The highest BCUT2D eigenvalue weighted by atomic mass is 19.1. The molecule has 1 aliphatic rings. The molecule has 1 atom stereocenters. The van der Waals surface area contributed by atoms with E-state index in [1.165, 1.54) is 29.8 Å². The zero-order chi connectivity index (χ0) is 45.3. The maximum Gasteiger partial charge on any atom is 0.123 e. The van der Waals surface area contributed by atoms with E-state index in [1.54, 1.807) is 0 Å². The molecular formula is C61H46F2N4. The number of halogens is 2. The Kier molecular flexibility index (Phi) is 11.0. The van der Waals surface area contributed by atoms with Gasteiger partial charge in [0.2, 0.25) is 0 Å². The Morgan fingerprint density at radius 1 is 0.448 bits per heavy atom. The van der Waals surface area contributed by atoms with Gasteiger partial charge in [0.1, 0.15) is 11.6 Å². The van der Waals surface area contributed by atoms with Crippen molar-refractivity contribution in [2.75, 3.05) is 21.2 Å². The number of allylic oxidation sites excluding steroid dienone is 2. The average Bonchev–Trinajstić information content (AvgIpc) is 3.73. The fourth-order valence-corrected chi connectivity index (χ4v) is 9.53. The van der Waals surface area contributed by atoms with E-state index < -0.39 is 0 Å². The third-order valence-electron chi connectivity index (χ3n) is 12.7. The molecule has 324 valence electrons. The minimum Gasteiger partial charge on any atom is -0.337 e. The van der Waals surface area contributed by atoms with Crippen molar-refractivity contribution in [3.8, 4) is 16.8 Å². The predicted molar refractivity (Wildman–Crippen MR) is 275 cm³/mol. The van der Waals surface area contributed by atoms with Gasteiger partial charge < -0.3 is 19.3 Å². The first-order valence-electron chi connectivity index (χ1n) is 22.7. The molecule has 1 aliphatic heterocycles. The summed E-state index contributed by atoms with van der Waals surface area (Å²) in [7, 11) is 0. The summed E-state index contributed by atoms with van der Waals surface area (Å²) < 4.78 is 30.3. The summed E-state index contributed by atoms with van der Waals surface area (Å²) in [6.07, 6.45) is 6.74. The second-order valence-corrected chi connectivity index (χ2v) is 16.9. The second kappa shape index (κ2) is 17.8. The SMILES string of the molecule is CC1/C=C(N(c2ccccc2)c2ccc(-c3ccc(N(c4ccccc4)c4ccc5c(c4)c4ccccc4n5-c4ccc(F)cc4)cc3)cc2)\C=C/CN(c2ccc(F)cc2)c2ccccc21. The van der Waals surface area contributed by atoms with E-state index >= 15 is 0 Å². The van der Waals surface area contributed by atoms with Crippen LogP contribution in [0.5, 0.6) is 0 Å². The molecule has 9 aromatic carbocycles. The summed E-state index contributed by atoms with van der Waals surface area (Å²) in [5.41, 5.74) is 14.8. The lowest BCUT2D eigenvalue weighted by molar-refractivity contribution is 0.627. The van der Waals surface area contributed by atoms with Crippen molar-refractivity contribution >= 4 is 61.6 Å². The standard InChI is InChI=1S/C61H46F2N4/c1-43-41-54(17-12-40-64(48-34-26-46(62)27-35-48)59-20-10-8-18-56(43)59)65(49-13-4-2-5-14-49)51-30-22-44(23-31-51)45-24-32-52(33-25-45)66(50-15-6-3-7-16-50)55-38-39-61-58(42-55)57-19-9-11-21-60(57)67(61)53-36-28-47(63)29-37-53/h2-39,41-43H,40H2,1H3/b17-12-,54-41+. The second-order valence-electron chi connectivity index (χ2n) is 16.9. The van der Waals surface area contributed by atoms with E-state index in [0.717, 1.165) is 84.1 Å². The molecule has 0 amide bonds. The molecule has 1 unspecified atom stereocenters. The molecule has 0 saturated heterocycles. The van der Waals surface area contributed by atoms with E-state index in [9.17, 15) is 8.78 Å². The number of aromatic nitrogens is 1. The molecule has 4 nitrogen and oxygen atoms in total. The molecule has 0 radical (unpaired) electrons. The largest absolute Gasteiger partial charge is 0.337 e. The molecule has 10 aromatic rings. The van der Waals surface area contributed by atoms with Crippen LogP contribution in [0.2, 0.25) is 0 Å². The average molecular weight is 873 g/mol. The van der Waals surface area contributed by atoms with Gasteiger partial charge in [0.05, 0.1) is 11.0 Å². The summed E-state index contributed by atoms with van der Waals surface area (Å²) in [5, 5.41) is 2.25. The van der Waals surface area contributed by atoms with Crippen LogP contribution in [0.15, 0.2) is 248 Å². The number of rotatable bonds is 9. The molecule has 67 heavy (non-hydrogen) atoms. The molecule has 0 spiro atoms. The fraction of sp³-hybridized carbons (Fsp3) is 0.0492. The van der Waals surface area contributed by atoms with Gasteiger partial charge in [-0.3, -0.25) is 0 Å². The molecule has 6 heteroatoms. The van der Waals surface area contributed by atoms with Crippen LogP contribution in [0.1, 0.15) is 18.4 Å². The number of hydrogen-bond donors (Lipinski definition) is 0. The molecule has 0 fully saturated rings. The van der Waals surface area contributed by atoms with E-state index in [-0.39, 0.29) is 17.6 Å². The quantitative estimate of drug-likeness (QED) is 0.144. The van der Waals surface area contributed by atoms with Gasteiger partial charge in [-0.2, -0.15) is 0 Å². The van der Waals surface area contributed by atoms with Crippen molar-refractivity contribution in [1.82, 2.24) is 4.57 Å². The maximum absolute atomic E-state index is 14.0. The van der Waals surface area contributed by atoms with Crippen LogP contribution in [-0.4, -0.2) is 11.1 Å². The Balaban J connectivity index is 0.928. The molecule has 0 aliphatic carbocycles. The van der Waals surface area contributed by atoms with Crippen molar-refractivity contribution in [2.45, 2.75) is 12.8 Å². The van der Waals surface area contributed by atoms with Gasteiger partial charge >= 0.3 is 0 Å². The Morgan fingerprint density at radius 3 is 1.61 bits per heavy atom. The summed E-state index contributed by atoms with van der Waals surface area (Å²) in [6, 6.07) is 75.5. The molecule has 0 bridgehead atoms. The highest BCUT2D eigenvalue weighted by Gasteiger charge is 2.22. The molecular weight excluding hydrogens is 827 g/mol. The van der Waals surface area contributed by atoms with E-state index in [0.29, 0.717) is 6.54 Å². The van der Waals surface area contributed by atoms with Crippen LogP contribution >= 0.6 is 0 Å². The van der Waals surface area contributed by atoms with Gasteiger partial charge in [0.25, 0.3) is 0 Å². The van der Waals surface area contributed by atoms with E-state index in [1.807, 2.05) is 42.5 Å². The van der Waals surface area contributed by atoms with Crippen LogP contribution in [0.3, 0.4) is 0 Å². The lowest BCUT2D eigenvalue weighted by atomic mass is 9.96. The lowest BCUT2D eigenvalue weighted by Gasteiger charge is -2.28. The Morgan fingerprint density at radius 2 is 0.955 bits per heavy atom. The first-order chi connectivity index (χ1) is 33.0. The smallest absolute Gasteiger partial charge is 0.123 e. The number of anilines is 7. The summed E-state index contributed by atoms with van der Waals surface area (Å²) in [4.78, 5) is 6.87. The van der Waals surface area contributed by atoms with Crippen LogP contribution in [0, 0.1) is 11.6 Å². The topological polar surface area (TPSA) is 14.7 Å².